The predicted molar refractivity (Wildman–Crippen MR) is 70.0 cm³/mol. The van der Waals surface area contributed by atoms with Gasteiger partial charge in [0.1, 0.15) is 11.6 Å². The maximum atomic E-state index is 12.0. The van der Waals surface area contributed by atoms with Crippen molar-refractivity contribution in [2.75, 3.05) is 18.2 Å². The maximum Gasteiger partial charge on any atom is 0.259 e. The molecule has 18 heavy (non-hydrogen) atoms. The van der Waals surface area contributed by atoms with Gasteiger partial charge in [-0.2, -0.15) is 4.37 Å². The molecule has 0 bridgehead atoms. The fourth-order valence-corrected chi connectivity index (χ4v) is 1.94. The van der Waals surface area contributed by atoms with Crippen molar-refractivity contribution < 1.29 is 9.53 Å². The number of carbonyl (C=O) groups is 1. The van der Waals surface area contributed by atoms with Crippen LogP contribution in [-0.4, -0.2) is 22.4 Å². The van der Waals surface area contributed by atoms with Gasteiger partial charge in [-0.15, -0.1) is 0 Å². The minimum Gasteiger partial charge on any atom is -0.497 e. The summed E-state index contributed by atoms with van der Waals surface area (Å²) in [6, 6.07) is 4.90. The van der Waals surface area contributed by atoms with Crippen LogP contribution in [0.25, 0.3) is 0 Å². The summed E-state index contributed by atoms with van der Waals surface area (Å²) >= 11 is 1.12. The van der Waals surface area contributed by atoms with E-state index < -0.39 is 0 Å². The van der Waals surface area contributed by atoms with Crippen molar-refractivity contribution in [3.63, 3.8) is 0 Å². The van der Waals surface area contributed by atoms with E-state index in [-0.39, 0.29) is 5.91 Å². The van der Waals surface area contributed by atoms with Crippen molar-refractivity contribution in [3.05, 3.63) is 29.6 Å². The van der Waals surface area contributed by atoms with Crippen molar-refractivity contribution in [2.24, 2.45) is 0 Å². The van der Waals surface area contributed by atoms with E-state index in [4.69, 9.17) is 10.5 Å². The van der Waals surface area contributed by atoms with Crippen LogP contribution in [0.4, 0.5) is 10.8 Å². The van der Waals surface area contributed by atoms with Gasteiger partial charge in [-0.3, -0.25) is 10.1 Å². The molecule has 3 N–H and O–H groups in total. The Kier molecular flexibility index (Phi) is 3.42. The van der Waals surface area contributed by atoms with Gasteiger partial charge in [-0.05, 0) is 25.1 Å². The molecule has 0 aliphatic carbocycles. The molecule has 7 heteroatoms. The van der Waals surface area contributed by atoms with Crippen LogP contribution in [0.2, 0.25) is 0 Å². The fraction of sp³-hybridized carbons (Fsp3) is 0.182. The van der Waals surface area contributed by atoms with Crippen molar-refractivity contribution >= 4 is 28.3 Å². The number of aromatic nitrogens is 2. The SMILES string of the molecule is COc1ccc(N)c(C(=O)Nc2nc(C)ns2)c1. The number of anilines is 2. The van der Waals surface area contributed by atoms with E-state index >= 15 is 0 Å². The van der Waals surface area contributed by atoms with Gasteiger partial charge < -0.3 is 10.5 Å². The summed E-state index contributed by atoms with van der Waals surface area (Å²) in [6.07, 6.45) is 0. The normalized spacial score (nSPS) is 10.1. The van der Waals surface area contributed by atoms with Gasteiger partial charge >= 0.3 is 0 Å². The monoisotopic (exact) mass is 264 g/mol. The van der Waals surface area contributed by atoms with Gasteiger partial charge in [0.05, 0.1) is 12.7 Å². The van der Waals surface area contributed by atoms with Gasteiger partial charge in [-0.1, -0.05) is 0 Å². The summed E-state index contributed by atoms with van der Waals surface area (Å²) in [4.78, 5) is 16.1. The summed E-state index contributed by atoms with van der Waals surface area (Å²) in [5.41, 5.74) is 6.49. The van der Waals surface area contributed by atoms with Crippen molar-refractivity contribution in [3.8, 4) is 5.75 Å². The second-order valence-corrected chi connectivity index (χ2v) is 4.31. The Bertz CT molecular complexity index is 582. The smallest absolute Gasteiger partial charge is 0.259 e. The lowest BCUT2D eigenvalue weighted by molar-refractivity contribution is 0.102. The number of ether oxygens (including phenoxy) is 1. The highest BCUT2D eigenvalue weighted by atomic mass is 32.1. The third kappa shape index (κ3) is 2.57. The Morgan fingerprint density at radius 1 is 1.50 bits per heavy atom. The molecule has 0 saturated heterocycles. The number of carbonyl (C=O) groups excluding carboxylic acids is 1. The summed E-state index contributed by atoms with van der Waals surface area (Å²) in [5, 5.41) is 3.09. The number of hydrogen-bond acceptors (Lipinski definition) is 6. The average molecular weight is 264 g/mol. The molecule has 6 nitrogen and oxygen atoms in total. The predicted octanol–water partition coefficient (Wildman–Crippen LogP) is 1.69. The van der Waals surface area contributed by atoms with E-state index in [0.717, 1.165) is 11.5 Å². The fourth-order valence-electron chi connectivity index (χ4n) is 1.37. The van der Waals surface area contributed by atoms with E-state index in [1.807, 2.05) is 0 Å². The van der Waals surface area contributed by atoms with Crippen LogP contribution in [0.1, 0.15) is 16.2 Å². The Morgan fingerprint density at radius 2 is 2.28 bits per heavy atom. The summed E-state index contributed by atoms with van der Waals surface area (Å²) < 4.78 is 9.03. The minimum absolute atomic E-state index is 0.331. The number of hydrogen-bond donors (Lipinski definition) is 2. The zero-order valence-electron chi connectivity index (χ0n) is 9.93. The number of benzene rings is 1. The molecule has 0 radical (unpaired) electrons. The molecule has 94 valence electrons. The molecule has 1 aromatic heterocycles. The molecule has 1 heterocycles. The number of methoxy groups -OCH3 is 1. The number of nitrogens with two attached hydrogens (primary N) is 1. The van der Waals surface area contributed by atoms with Gasteiger partial charge in [0.2, 0.25) is 5.13 Å². The minimum atomic E-state index is -0.331. The van der Waals surface area contributed by atoms with Crippen LogP contribution in [-0.2, 0) is 0 Å². The molecule has 0 aliphatic rings. The Labute approximate surface area is 108 Å². The zero-order valence-corrected chi connectivity index (χ0v) is 10.7. The summed E-state index contributed by atoms with van der Waals surface area (Å²) in [6.45, 7) is 1.76. The lowest BCUT2D eigenvalue weighted by Crippen LogP contribution is -2.14. The van der Waals surface area contributed by atoms with Crippen LogP contribution in [0.5, 0.6) is 5.75 Å². The first-order valence-corrected chi connectivity index (χ1v) is 5.92. The molecule has 0 fully saturated rings. The third-order valence-electron chi connectivity index (χ3n) is 2.25. The summed E-state index contributed by atoms with van der Waals surface area (Å²) in [5.74, 6) is 0.860. The molecular formula is C11H12N4O2S. The molecule has 0 spiro atoms. The van der Waals surface area contributed by atoms with Crippen LogP contribution in [0, 0.1) is 6.92 Å². The first kappa shape index (κ1) is 12.3. The number of nitrogen functional groups attached to an aromatic ring is 1. The van der Waals surface area contributed by atoms with E-state index in [1.165, 1.54) is 7.11 Å². The highest BCUT2D eigenvalue weighted by molar-refractivity contribution is 7.09. The van der Waals surface area contributed by atoms with Crippen LogP contribution in [0.15, 0.2) is 18.2 Å². The molecule has 0 atom stereocenters. The maximum absolute atomic E-state index is 12.0. The number of aryl methyl sites for hydroxylation is 1. The third-order valence-corrected chi connectivity index (χ3v) is 2.97. The first-order valence-electron chi connectivity index (χ1n) is 5.15. The first-order chi connectivity index (χ1) is 8.60. The van der Waals surface area contributed by atoms with E-state index in [2.05, 4.69) is 14.7 Å². The number of nitrogens with zero attached hydrogens (tertiary/aromatic N) is 2. The second-order valence-electron chi connectivity index (χ2n) is 3.55. The Morgan fingerprint density at radius 3 is 2.89 bits per heavy atom. The molecule has 0 aliphatic heterocycles. The van der Waals surface area contributed by atoms with Crippen molar-refractivity contribution in [1.29, 1.82) is 0 Å². The van der Waals surface area contributed by atoms with Gasteiger partial charge in [0, 0.05) is 17.2 Å². The molecule has 0 saturated carbocycles. The topological polar surface area (TPSA) is 90.1 Å². The zero-order chi connectivity index (χ0) is 13.1. The van der Waals surface area contributed by atoms with Gasteiger partial charge in [-0.25, -0.2) is 4.98 Å². The van der Waals surface area contributed by atoms with E-state index in [1.54, 1.807) is 25.1 Å². The Balaban J connectivity index is 2.23. The van der Waals surface area contributed by atoms with Gasteiger partial charge in [0.15, 0.2) is 0 Å². The van der Waals surface area contributed by atoms with Crippen LogP contribution in [0.3, 0.4) is 0 Å². The second kappa shape index (κ2) is 5.01. The van der Waals surface area contributed by atoms with E-state index in [0.29, 0.717) is 28.0 Å². The number of rotatable bonds is 3. The molecule has 1 amide bonds. The molecule has 2 rings (SSSR count). The van der Waals surface area contributed by atoms with Crippen molar-refractivity contribution in [2.45, 2.75) is 6.92 Å². The van der Waals surface area contributed by atoms with E-state index in [9.17, 15) is 4.79 Å². The van der Waals surface area contributed by atoms with Gasteiger partial charge in [0.25, 0.3) is 5.91 Å². The van der Waals surface area contributed by atoms with Crippen molar-refractivity contribution in [1.82, 2.24) is 9.36 Å². The average Bonchev–Trinajstić information content (AvgIpc) is 2.75. The quantitative estimate of drug-likeness (QED) is 0.823. The standard InChI is InChI=1S/C11H12N4O2S/c1-6-13-11(18-15-6)14-10(16)8-5-7(17-2)3-4-9(8)12/h3-5H,12H2,1-2H3,(H,13,14,15,16). The largest absolute Gasteiger partial charge is 0.497 e. The number of nitrogens with one attached hydrogen (secondary N) is 1. The summed E-state index contributed by atoms with van der Waals surface area (Å²) in [7, 11) is 1.53. The Hall–Kier alpha value is -2.15. The molecule has 1 aromatic carbocycles. The lowest BCUT2D eigenvalue weighted by atomic mass is 10.1. The molecular weight excluding hydrogens is 252 g/mol. The molecule has 2 aromatic rings. The highest BCUT2D eigenvalue weighted by Gasteiger charge is 2.13. The lowest BCUT2D eigenvalue weighted by Gasteiger charge is -2.07. The van der Waals surface area contributed by atoms with Crippen LogP contribution >= 0.6 is 11.5 Å². The number of amides is 1. The van der Waals surface area contributed by atoms with Crippen LogP contribution < -0.4 is 15.8 Å². The highest BCUT2D eigenvalue weighted by Crippen LogP contribution is 2.21. The molecule has 0 unspecified atom stereocenters.